The van der Waals surface area contributed by atoms with Gasteiger partial charge in [0.15, 0.2) is 5.78 Å². The molecule has 1 atom stereocenters. The quantitative estimate of drug-likeness (QED) is 0.666. The van der Waals surface area contributed by atoms with Crippen LogP contribution < -0.4 is 0 Å². The number of nitrogens with zero attached hydrogens (tertiary/aromatic N) is 1. The molecule has 0 radical (unpaired) electrons. The van der Waals surface area contributed by atoms with Gasteiger partial charge in [0.25, 0.3) is 0 Å². The lowest BCUT2D eigenvalue weighted by molar-refractivity contribution is -0.130. The molecule has 0 saturated heterocycles. The summed E-state index contributed by atoms with van der Waals surface area (Å²) >= 11 is 0. The van der Waals surface area contributed by atoms with Crippen molar-refractivity contribution in [3.05, 3.63) is 0 Å². The van der Waals surface area contributed by atoms with E-state index in [-0.39, 0.29) is 18.0 Å². The summed E-state index contributed by atoms with van der Waals surface area (Å²) in [5, 5.41) is 0. The Bertz CT molecular complexity index is 347. The summed E-state index contributed by atoms with van der Waals surface area (Å²) in [7, 11) is -3.07. The predicted octanol–water partition coefficient (Wildman–Crippen LogP) is 1.50. The largest absolute Gasteiger partial charge is 0.298 e. The van der Waals surface area contributed by atoms with Gasteiger partial charge in [-0.25, -0.2) is 8.42 Å². The van der Waals surface area contributed by atoms with Crippen molar-refractivity contribution in [2.75, 3.05) is 25.1 Å². The fourth-order valence-corrected chi connectivity index (χ4v) is 2.62. The molecular formula is C12H25NO3S. The monoisotopic (exact) mass is 263 g/mol. The molecule has 0 aromatic carbocycles. The first-order chi connectivity index (χ1) is 7.71. The third kappa shape index (κ3) is 4.76. The number of rotatable bonds is 8. The summed E-state index contributed by atoms with van der Waals surface area (Å²) in [5.74, 6) is -0.0305. The summed E-state index contributed by atoms with van der Waals surface area (Å²) in [6.45, 7) is 9.50. The maximum atomic E-state index is 12.2. The van der Waals surface area contributed by atoms with Crippen molar-refractivity contribution >= 4 is 15.6 Å². The van der Waals surface area contributed by atoms with E-state index in [1.54, 1.807) is 0 Å². The third-order valence-electron chi connectivity index (χ3n) is 3.45. The van der Waals surface area contributed by atoms with Gasteiger partial charge in [-0.1, -0.05) is 20.8 Å². The van der Waals surface area contributed by atoms with Crippen LogP contribution in [0.5, 0.6) is 0 Å². The second-order valence-electron chi connectivity index (χ2n) is 4.60. The van der Waals surface area contributed by atoms with Gasteiger partial charge in [0.1, 0.15) is 9.84 Å². The SMILES string of the molecule is CCN(CC)C(C)(CC)C(=O)CCS(C)(=O)=O. The van der Waals surface area contributed by atoms with Crippen molar-refractivity contribution < 1.29 is 13.2 Å². The van der Waals surface area contributed by atoms with Crippen molar-refractivity contribution in [3.8, 4) is 0 Å². The van der Waals surface area contributed by atoms with Crippen LogP contribution in [0.1, 0.15) is 40.5 Å². The zero-order valence-electron chi connectivity index (χ0n) is 11.6. The number of carbonyl (C=O) groups excluding carboxylic acids is 1. The first-order valence-corrected chi connectivity index (χ1v) is 8.23. The fraction of sp³-hybridized carbons (Fsp3) is 0.917. The molecule has 0 rings (SSSR count). The van der Waals surface area contributed by atoms with E-state index >= 15 is 0 Å². The van der Waals surface area contributed by atoms with Gasteiger partial charge in [0.05, 0.1) is 11.3 Å². The maximum absolute atomic E-state index is 12.2. The molecule has 0 saturated carbocycles. The van der Waals surface area contributed by atoms with Crippen LogP contribution >= 0.6 is 0 Å². The van der Waals surface area contributed by atoms with Crippen molar-refractivity contribution in [1.29, 1.82) is 0 Å². The molecule has 0 heterocycles. The van der Waals surface area contributed by atoms with Gasteiger partial charge in [-0.05, 0) is 26.4 Å². The number of likely N-dealkylation sites (N-methyl/N-ethyl adjacent to an activating group) is 1. The van der Waals surface area contributed by atoms with Gasteiger partial charge in [0.2, 0.25) is 0 Å². The molecule has 0 aliphatic carbocycles. The number of hydrogen-bond donors (Lipinski definition) is 0. The van der Waals surface area contributed by atoms with E-state index in [1.165, 1.54) is 6.26 Å². The van der Waals surface area contributed by atoms with Gasteiger partial charge < -0.3 is 0 Å². The van der Waals surface area contributed by atoms with E-state index in [1.807, 2.05) is 27.7 Å². The second-order valence-corrected chi connectivity index (χ2v) is 6.86. The van der Waals surface area contributed by atoms with Crippen LogP contribution in [0, 0.1) is 0 Å². The van der Waals surface area contributed by atoms with Crippen molar-refractivity contribution in [3.63, 3.8) is 0 Å². The van der Waals surface area contributed by atoms with Crippen LogP contribution in [-0.4, -0.2) is 49.7 Å². The second kappa shape index (κ2) is 6.50. The molecule has 5 heteroatoms. The standard InChI is InChI=1S/C12H25NO3S/c1-6-12(4,13(7-2)8-3)11(14)9-10-17(5,15)16/h6-10H2,1-5H3. The van der Waals surface area contributed by atoms with Gasteiger partial charge in [-0.15, -0.1) is 0 Å². The Morgan fingerprint density at radius 1 is 1.18 bits per heavy atom. The first kappa shape index (κ1) is 16.6. The molecule has 0 fully saturated rings. The summed E-state index contributed by atoms with van der Waals surface area (Å²) < 4.78 is 22.2. The third-order valence-corrected chi connectivity index (χ3v) is 4.40. The number of sulfone groups is 1. The van der Waals surface area contributed by atoms with Crippen LogP contribution in [-0.2, 0) is 14.6 Å². The van der Waals surface area contributed by atoms with E-state index in [0.717, 1.165) is 13.1 Å². The van der Waals surface area contributed by atoms with E-state index in [2.05, 4.69) is 4.90 Å². The molecule has 0 bridgehead atoms. The molecule has 4 nitrogen and oxygen atoms in total. The smallest absolute Gasteiger partial charge is 0.153 e. The molecule has 102 valence electrons. The molecule has 1 unspecified atom stereocenters. The van der Waals surface area contributed by atoms with E-state index in [4.69, 9.17) is 0 Å². The Balaban J connectivity index is 4.80. The Hall–Kier alpha value is -0.420. The highest BCUT2D eigenvalue weighted by Gasteiger charge is 2.35. The summed E-state index contributed by atoms with van der Waals surface area (Å²) in [6.07, 6.45) is 1.98. The number of hydrogen-bond acceptors (Lipinski definition) is 4. The Morgan fingerprint density at radius 3 is 1.94 bits per heavy atom. The molecule has 0 spiro atoms. The van der Waals surface area contributed by atoms with Crippen LogP contribution in [0.25, 0.3) is 0 Å². The lowest BCUT2D eigenvalue weighted by Crippen LogP contribution is -2.52. The van der Waals surface area contributed by atoms with Crippen LogP contribution in [0.2, 0.25) is 0 Å². The maximum Gasteiger partial charge on any atom is 0.153 e. The van der Waals surface area contributed by atoms with E-state index < -0.39 is 15.4 Å². The van der Waals surface area contributed by atoms with Gasteiger partial charge >= 0.3 is 0 Å². The van der Waals surface area contributed by atoms with E-state index in [9.17, 15) is 13.2 Å². The Morgan fingerprint density at radius 2 is 1.65 bits per heavy atom. The molecule has 0 aliphatic heterocycles. The topological polar surface area (TPSA) is 54.5 Å². The van der Waals surface area contributed by atoms with Crippen LogP contribution in [0.4, 0.5) is 0 Å². The van der Waals surface area contributed by atoms with E-state index in [0.29, 0.717) is 6.42 Å². The molecule has 0 amide bonds. The van der Waals surface area contributed by atoms with Crippen molar-refractivity contribution in [2.45, 2.75) is 46.1 Å². The summed E-state index contributed by atoms with van der Waals surface area (Å²) in [5.41, 5.74) is -0.534. The molecule has 17 heavy (non-hydrogen) atoms. The highest BCUT2D eigenvalue weighted by Crippen LogP contribution is 2.22. The van der Waals surface area contributed by atoms with Gasteiger partial charge in [-0.3, -0.25) is 9.69 Å². The van der Waals surface area contributed by atoms with Gasteiger partial charge in [-0.2, -0.15) is 0 Å². The average molecular weight is 263 g/mol. The molecule has 0 aliphatic rings. The molecule has 0 N–H and O–H groups in total. The minimum atomic E-state index is -3.07. The number of carbonyl (C=O) groups is 1. The van der Waals surface area contributed by atoms with Crippen LogP contribution in [0.3, 0.4) is 0 Å². The molecule has 0 aromatic rings. The summed E-state index contributed by atoms with van der Waals surface area (Å²) in [4.78, 5) is 14.3. The lowest BCUT2D eigenvalue weighted by atomic mass is 9.89. The minimum absolute atomic E-state index is 0.0223. The fourth-order valence-electron chi connectivity index (χ4n) is 2.07. The lowest BCUT2D eigenvalue weighted by Gasteiger charge is -2.38. The first-order valence-electron chi connectivity index (χ1n) is 6.17. The Labute approximate surface area is 105 Å². The average Bonchev–Trinajstić information content (AvgIpc) is 2.25. The minimum Gasteiger partial charge on any atom is -0.298 e. The number of ketones is 1. The van der Waals surface area contributed by atoms with Crippen molar-refractivity contribution in [1.82, 2.24) is 4.90 Å². The zero-order chi connectivity index (χ0) is 13.7. The summed E-state index contributed by atoms with van der Waals surface area (Å²) in [6, 6.07) is 0. The zero-order valence-corrected chi connectivity index (χ0v) is 12.4. The molecule has 0 aromatic heterocycles. The highest BCUT2D eigenvalue weighted by molar-refractivity contribution is 7.90. The predicted molar refractivity (Wildman–Crippen MR) is 71.0 cm³/mol. The Kier molecular flexibility index (Phi) is 6.34. The normalized spacial score (nSPS) is 15.9. The molecular weight excluding hydrogens is 238 g/mol. The van der Waals surface area contributed by atoms with Crippen LogP contribution in [0.15, 0.2) is 0 Å². The highest BCUT2D eigenvalue weighted by atomic mass is 32.2. The number of Topliss-reactive ketones (excluding diaryl/α,β-unsaturated/α-hetero) is 1. The van der Waals surface area contributed by atoms with Gasteiger partial charge in [0, 0.05) is 12.7 Å². The van der Waals surface area contributed by atoms with Crippen molar-refractivity contribution in [2.24, 2.45) is 0 Å².